The molecule has 0 heterocycles. The lowest BCUT2D eigenvalue weighted by molar-refractivity contribution is 0.173. The van der Waals surface area contributed by atoms with Crippen molar-refractivity contribution in [2.24, 2.45) is 17.2 Å². The van der Waals surface area contributed by atoms with Crippen molar-refractivity contribution in [3.05, 3.63) is 0 Å². The lowest BCUT2D eigenvalue weighted by atomic mass is 9.96. The van der Waals surface area contributed by atoms with Gasteiger partial charge in [0.2, 0.25) is 4.90 Å². The molecule has 0 aromatic heterocycles. The smallest absolute Gasteiger partial charge is 0.324 e. The monoisotopic (exact) mass is 543 g/mol. The van der Waals surface area contributed by atoms with Gasteiger partial charge in [-0.15, -0.1) is 0 Å². The molecule has 30 heavy (non-hydrogen) atoms. The van der Waals surface area contributed by atoms with E-state index in [1.165, 1.54) is 0 Å². The molecule has 180 valence electrons. The molecule has 0 aromatic carbocycles. The fourth-order valence-corrected chi connectivity index (χ4v) is 14.7. The Kier molecular flexibility index (Phi) is 6.99. The van der Waals surface area contributed by atoms with Crippen LogP contribution in [0.5, 0.6) is 0 Å². The van der Waals surface area contributed by atoms with Crippen LogP contribution in [0.2, 0.25) is 0 Å². The molecule has 0 aromatic rings. The molecule has 1 unspecified atom stereocenters. The van der Waals surface area contributed by atoms with E-state index in [0.29, 0.717) is 0 Å². The van der Waals surface area contributed by atoms with Crippen molar-refractivity contribution in [3.8, 4) is 0 Å². The van der Waals surface area contributed by atoms with E-state index in [1.807, 2.05) is 0 Å². The number of nitrogens with two attached hydrogens (primary N) is 3. The molecule has 0 spiro atoms. The highest BCUT2D eigenvalue weighted by atomic mass is 31.2. The van der Waals surface area contributed by atoms with Crippen molar-refractivity contribution in [1.29, 1.82) is 0 Å². The van der Waals surface area contributed by atoms with Crippen LogP contribution >= 0.6 is 38.0 Å². The van der Waals surface area contributed by atoms with Crippen molar-refractivity contribution in [2.45, 2.75) is 33.8 Å². The van der Waals surface area contributed by atoms with Crippen molar-refractivity contribution >= 4 is 38.0 Å². The van der Waals surface area contributed by atoms with Gasteiger partial charge in [-0.25, -0.2) is 0 Å². The third-order valence-corrected chi connectivity index (χ3v) is 15.0. The lowest BCUT2D eigenvalue weighted by Gasteiger charge is -2.56. The summed E-state index contributed by atoms with van der Waals surface area (Å²) in [6, 6.07) is 0. The molecule has 1 aliphatic rings. The summed E-state index contributed by atoms with van der Waals surface area (Å²) in [6.45, 7) is 0. The zero-order valence-corrected chi connectivity index (χ0v) is 19.1. The van der Waals surface area contributed by atoms with E-state index in [0.717, 1.165) is 0 Å². The average Bonchev–Trinajstić information content (AvgIpc) is 3.11. The second-order valence-electron chi connectivity index (χ2n) is 7.01. The molecule has 1 atom stereocenters. The van der Waals surface area contributed by atoms with Crippen LogP contribution < -0.4 is 17.2 Å². The van der Waals surface area contributed by atoms with Crippen LogP contribution in [0.15, 0.2) is 0 Å². The summed E-state index contributed by atoms with van der Waals surface area (Å²) < 4.78 is 60.8. The summed E-state index contributed by atoms with van der Waals surface area (Å²) in [7, 11) is -32.0. The maximum atomic E-state index is 12.5. The maximum Gasteiger partial charge on any atom is 0.350 e. The molecule has 23 heteroatoms. The van der Waals surface area contributed by atoms with Crippen molar-refractivity contribution < 1.29 is 71.8 Å². The normalized spacial score (nSPS) is 21.2. The first-order valence-electron chi connectivity index (χ1n) is 7.30. The molecule has 0 aliphatic heterocycles. The van der Waals surface area contributed by atoms with Gasteiger partial charge in [0.1, 0.15) is 10.8 Å². The van der Waals surface area contributed by atoms with E-state index in [2.05, 4.69) is 0 Å². The summed E-state index contributed by atoms with van der Waals surface area (Å²) in [5.74, 6) is 0. The Labute approximate surface area is 167 Å². The molecule has 0 radical (unpaired) electrons. The second kappa shape index (κ2) is 7.31. The third-order valence-electron chi connectivity index (χ3n) is 4.94. The van der Waals surface area contributed by atoms with Crippen LogP contribution in [0.25, 0.3) is 0 Å². The first kappa shape index (κ1) is 28.7. The quantitative estimate of drug-likeness (QED) is 0.0985. The van der Waals surface area contributed by atoms with Gasteiger partial charge in [0.25, 0.3) is 0 Å². The molecule has 0 saturated heterocycles. The van der Waals surface area contributed by atoms with Crippen LogP contribution in [0, 0.1) is 0 Å². The highest BCUT2D eigenvalue weighted by Gasteiger charge is 2.93. The Hall–Kier alpha value is 0.630. The summed E-state index contributed by atoms with van der Waals surface area (Å²) in [5, 5.41) is -8.21. The van der Waals surface area contributed by atoms with Gasteiger partial charge in [0.05, 0.1) is 6.16 Å². The Morgan fingerprint density at radius 2 is 1.00 bits per heavy atom. The third kappa shape index (κ3) is 3.92. The minimum atomic E-state index is -6.85. The minimum Gasteiger partial charge on any atom is -0.324 e. The number of hydrogen-bond acceptors (Lipinski definition) is 8. The number of rotatable bonds is 9. The van der Waals surface area contributed by atoms with E-state index >= 15 is 0 Å². The first-order chi connectivity index (χ1) is 12.7. The van der Waals surface area contributed by atoms with Gasteiger partial charge in [-0.05, 0) is 12.8 Å². The van der Waals surface area contributed by atoms with Crippen LogP contribution in [0.3, 0.4) is 0 Å². The summed E-state index contributed by atoms with van der Waals surface area (Å²) in [5.41, 5.74) is 12.2. The zero-order valence-electron chi connectivity index (χ0n) is 14.6. The Morgan fingerprint density at radius 3 is 1.17 bits per heavy atom. The molecule has 18 nitrogen and oxygen atoms in total. The summed E-state index contributed by atoms with van der Waals surface area (Å²) >= 11 is 0. The average molecular weight is 543 g/mol. The SMILES string of the molecule is NC(N)(CP(=O)(O)O)C(N)(C(C1(P(=O)(O)O)CC1)(P(=O)(O)O)P(=O)(O)O)P(=O)(O)O. The molecule has 0 amide bonds. The van der Waals surface area contributed by atoms with Crippen molar-refractivity contribution in [3.63, 3.8) is 0 Å². The van der Waals surface area contributed by atoms with E-state index in [1.54, 1.807) is 0 Å². The number of hydrogen-bond donors (Lipinski definition) is 13. The van der Waals surface area contributed by atoms with Gasteiger partial charge >= 0.3 is 38.0 Å². The van der Waals surface area contributed by atoms with Crippen molar-refractivity contribution in [2.75, 3.05) is 6.16 Å². The fraction of sp³-hybridized carbons (Fsp3) is 1.00. The van der Waals surface area contributed by atoms with E-state index in [4.69, 9.17) is 27.0 Å². The molecule has 1 saturated carbocycles. The van der Waals surface area contributed by atoms with Gasteiger partial charge < -0.3 is 66.1 Å². The topological polar surface area (TPSA) is 366 Å². The standard InChI is InChI=1S/C7H22N3O15P5/c8-5(9,3-26(11,12)13)6(10,28(17,18)19)7(29(20,21)22,30(23,24)25)4(1-2-4)27(14,15)16/h1-3,8-10H2,(H2,11,12,13)(H2,14,15,16)(H2,17,18,19)(H2,20,21,22)(H2,23,24,25). The fourth-order valence-electron chi connectivity index (χ4n) is 3.73. The molecule has 16 N–H and O–H groups in total. The van der Waals surface area contributed by atoms with E-state index < -0.39 is 78.0 Å². The summed E-state index contributed by atoms with van der Waals surface area (Å²) in [4.78, 5) is 92.1. The second-order valence-corrected chi connectivity index (χ2v) is 16.3. The van der Waals surface area contributed by atoms with E-state index in [-0.39, 0.29) is 0 Å². The highest BCUT2D eigenvalue weighted by molar-refractivity contribution is 7.76. The van der Waals surface area contributed by atoms with Gasteiger partial charge in [-0.1, -0.05) is 0 Å². The predicted molar refractivity (Wildman–Crippen MR) is 97.8 cm³/mol. The summed E-state index contributed by atoms with van der Waals surface area (Å²) in [6.07, 6.45) is -4.32. The van der Waals surface area contributed by atoms with Crippen LogP contribution in [-0.4, -0.2) is 76.1 Å². The Morgan fingerprint density at radius 1 is 0.667 bits per heavy atom. The zero-order chi connectivity index (χ0) is 24.6. The highest BCUT2D eigenvalue weighted by Crippen LogP contribution is 2.91. The van der Waals surface area contributed by atoms with Crippen molar-refractivity contribution in [1.82, 2.24) is 0 Å². The Balaban J connectivity index is 4.45. The molecule has 1 aliphatic carbocycles. The lowest BCUT2D eigenvalue weighted by Crippen LogP contribution is -2.82. The van der Waals surface area contributed by atoms with Crippen LogP contribution in [-0.2, 0) is 22.8 Å². The molecule has 1 rings (SSSR count). The molecule has 0 bridgehead atoms. The maximum absolute atomic E-state index is 12.5. The van der Waals surface area contributed by atoms with Gasteiger partial charge in [-0.3, -0.25) is 22.8 Å². The van der Waals surface area contributed by atoms with E-state index in [9.17, 15) is 62.0 Å². The van der Waals surface area contributed by atoms with Gasteiger partial charge in [0.15, 0.2) is 5.28 Å². The van der Waals surface area contributed by atoms with Gasteiger partial charge in [0, 0.05) is 0 Å². The first-order valence-corrected chi connectivity index (χ1v) is 15.5. The molecular formula is C7H22N3O15P5. The molecule has 1 fully saturated rings. The van der Waals surface area contributed by atoms with Crippen LogP contribution in [0.4, 0.5) is 0 Å². The minimum absolute atomic E-state index is 1.11. The largest absolute Gasteiger partial charge is 0.350 e. The Bertz CT molecular complexity index is 924. The van der Waals surface area contributed by atoms with Gasteiger partial charge in [-0.2, -0.15) is 0 Å². The predicted octanol–water partition coefficient (Wildman–Crippen LogP) is -3.63. The molecular weight excluding hydrogens is 521 g/mol. The van der Waals surface area contributed by atoms with Crippen LogP contribution in [0.1, 0.15) is 12.8 Å².